The van der Waals surface area contributed by atoms with Crippen LogP contribution >= 0.6 is 0 Å². The van der Waals surface area contributed by atoms with Gasteiger partial charge in [-0.05, 0) is 51.4 Å². The molecule has 0 aromatic heterocycles. The third kappa shape index (κ3) is 0.904. The predicted octanol–water partition coefficient (Wildman–Crippen LogP) is 2.78. The molecule has 0 unspecified atom stereocenters. The highest BCUT2D eigenvalue weighted by molar-refractivity contribution is 5.65. The van der Waals surface area contributed by atoms with Crippen LogP contribution in [0.5, 0.6) is 0 Å². The van der Waals surface area contributed by atoms with Crippen LogP contribution in [0.2, 0.25) is 0 Å². The van der Waals surface area contributed by atoms with Gasteiger partial charge in [0.1, 0.15) is 0 Å². The molecular weight excluding hydrogens is 180 g/mol. The second-order valence-electron chi connectivity index (χ2n) is 4.86. The molecule has 0 aromatic carbocycles. The molecule has 1 saturated heterocycles. The van der Waals surface area contributed by atoms with Crippen molar-refractivity contribution in [2.45, 2.75) is 62.6 Å². The SMILES string of the molecule is O=C1OC23CCCCC2(CCCC3)O1. The van der Waals surface area contributed by atoms with Crippen LogP contribution in [0.1, 0.15) is 51.4 Å². The summed E-state index contributed by atoms with van der Waals surface area (Å²) in [6.07, 6.45) is 8.34. The summed E-state index contributed by atoms with van der Waals surface area (Å²) in [7, 11) is 0. The Morgan fingerprint density at radius 3 is 1.50 bits per heavy atom. The molecule has 3 aliphatic rings. The normalized spacial score (nSPS) is 46.1. The van der Waals surface area contributed by atoms with Gasteiger partial charge in [0.05, 0.1) is 0 Å². The van der Waals surface area contributed by atoms with Crippen molar-refractivity contribution in [2.24, 2.45) is 0 Å². The van der Waals surface area contributed by atoms with E-state index in [2.05, 4.69) is 0 Å². The van der Waals surface area contributed by atoms with Crippen molar-refractivity contribution in [2.75, 3.05) is 0 Å². The first kappa shape index (κ1) is 8.57. The smallest absolute Gasteiger partial charge is 0.423 e. The molecule has 1 heterocycles. The highest BCUT2D eigenvalue weighted by Gasteiger charge is 2.64. The first-order valence-electron chi connectivity index (χ1n) is 5.68. The summed E-state index contributed by atoms with van der Waals surface area (Å²) in [6, 6.07) is 0. The molecule has 3 nitrogen and oxygen atoms in total. The molecule has 0 amide bonds. The zero-order valence-corrected chi connectivity index (χ0v) is 8.38. The molecule has 0 spiro atoms. The predicted molar refractivity (Wildman–Crippen MR) is 50.0 cm³/mol. The number of carbonyl (C=O) groups is 1. The molecule has 0 bridgehead atoms. The van der Waals surface area contributed by atoms with E-state index < -0.39 is 6.16 Å². The van der Waals surface area contributed by atoms with Crippen LogP contribution in [-0.2, 0) is 9.47 Å². The van der Waals surface area contributed by atoms with Crippen molar-refractivity contribution in [3.8, 4) is 0 Å². The number of rotatable bonds is 0. The van der Waals surface area contributed by atoms with E-state index in [9.17, 15) is 4.79 Å². The molecule has 0 N–H and O–H groups in total. The van der Waals surface area contributed by atoms with Crippen LogP contribution < -0.4 is 0 Å². The van der Waals surface area contributed by atoms with E-state index >= 15 is 0 Å². The maximum atomic E-state index is 11.3. The van der Waals surface area contributed by atoms with E-state index in [1.807, 2.05) is 0 Å². The molecule has 3 heteroatoms. The van der Waals surface area contributed by atoms with Crippen molar-refractivity contribution in [3.63, 3.8) is 0 Å². The van der Waals surface area contributed by atoms with E-state index in [1.54, 1.807) is 0 Å². The fourth-order valence-corrected chi connectivity index (χ4v) is 3.53. The van der Waals surface area contributed by atoms with Crippen molar-refractivity contribution in [3.05, 3.63) is 0 Å². The van der Waals surface area contributed by atoms with Crippen LogP contribution in [-0.4, -0.2) is 17.4 Å². The third-order valence-corrected chi connectivity index (χ3v) is 4.21. The van der Waals surface area contributed by atoms with Crippen molar-refractivity contribution < 1.29 is 14.3 Å². The maximum Gasteiger partial charge on any atom is 0.509 e. The first-order valence-corrected chi connectivity index (χ1v) is 5.68. The zero-order chi connectivity index (χ0) is 9.65. The average molecular weight is 196 g/mol. The Hall–Kier alpha value is -0.730. The van der Waals surface area contributed by atoms with Gasteiger partial charge in [-0.25, -0.2) is 4.79 Å². The van der Waals surface area contributed by atoms with E-state index in [4.69, 9.17) is 9.47 Å². The fourth-order valence-electron chi connectivity index (χ4n) is 3.53. The summed E-state index contributed by atoms with van der Waals surface area (Å²) < 4.78 is 11.0. The number of carbonyl (C=O) groups excluding carboxylic acids is 1. The average Bonchev–Trinajstić information content (AvgIpc) is 2.48. The van der Waals surface area contributed by atoms with Crippen LogP contribution in [0.25, 0.3) is 0 Å². The molecule has 14 heavy (non-hydrogen) atoms. The molecule has 2 saturated carbocycles. The minimum Gasteiger partial charge on any atom is -0.423 e. The molecule has 78 valence electrons. The summed E-state index contributed by atoms with van der Waals surface area (Å²) in [5.74, 6) is 0. The van der Waals surface area contributed by atoms with Crippen molar-refractivity contribution >= 4 is 6.16 Å². The Morgan fingerprint density at radius 1 is 0.786 bits per heavy atom. The van der Waals surface area contributed by atoms with Crippen LogP contribution in [0, 0.1) is 0 Å². The van der Waals surface area contributed by atoms with Crippen molar-refractivity contribution in [1.29, 1.82) is 0 Å². The largest absolute Gasteiger partial charge is 0.509 e. The minimum absolute atomic E-state index is 0.236. The third-order valence-electron chi connectivity index (χ3n) is 4.21. The lowest BCUT2D eigenvalue weighted by Gasteiger charge is -2.47. The Bertz CT molecular complexity index is 234. The van der Waals surface area contributed by atoms with Gasteiger partial charge in [-0.2, -0.15) is 0 Å². The van der Waals surface area contributed by atoms with E-state index in [0.717, 1.165) is 25.7 Å². The lowest BCUT2D eigenvalue weighted by atomic mass is 9.64. The summed E-state index contributed by atoms with van der Waals surface area (Å²) >= 11 is 0. The monoisotopic (exact) mass is 196 g/mol. The van der Waals surface area contributed by atoms with Gasteiger partial charge in [0.25, 0.3) is 0 Å². The Labute approximate surface area is 83.8 Å². The Kier molecular flexibility index (Phi) is 1.62. The summed E-state index contributed by atoms with van der Waals surface area (Å²) in [5.41, 5.74) is -0.471. The lowest BCUT2D eigenvalue weighted by molar-refractivity contribution is -0.108. The standard InChI is InChI=1S/C11H16O3/c12-9-13-10-5-1-2-6-11(10,14-9)8-4-3-7-10/h1-8H2. The number of hydrogen-bond donors (Lipinski definition) is 0. The molecule has 0 aromatic rings. The molecule has 0 atom stereocenters. The second kappa shape index (κ2) is 2.65. The van der Waals surface area contributed by atoms with Gasteiger partial charge in [-0.15, -0.1) is 0 Å². The van der Waals surface area contributed by atoms with Gasteiger partial charge < -0.3 is 9.47 Å². The highest BCUT2D eigenvalue weighted by Crippen LogP contribution is 2.55. The van der Waals surface area contributed by atoms with E-state index in [0.29, 0.717) is 0 Å². The van der Waals surface area contributed by atoms with Gasteiger partial charge in [-0.3, -0.25) is 0 Å². The lowest BCUT2D eigenvalue weighted by Crippen LogP contribution is -2.55. The summed E-state index contributed by atoms with van der Waals surface area (Å²) in [4.78, 5) is 11.3. The summed E-state index contributed by atoms with van der Waals surface area (Å²) in [6.45, 7) is 0. The van der Waals surface area contributed by atoms with Gasteiger partial charge >= 0.3 is 6.16 Å². The molecule has 2 aliphatic carbocycles. The number of ether oxygens (including phenoxy) is 2. The molecular formula is C11H16O3. The zero-order valence-electron chi connectivity index (χ0n) is 8.38. The van der Waals surface area contributed by atoms with Gasteiger partial charge in [0, 0.05) is 0 Å². The van der Waals surface area contributed by atoms with Gasteiger partial charge in [-0.1, -0.05) is 0 Å². The Balaban J connectivity index is 2.01. The van der Waals surface area contributed by atoms with E-state index in [1.165, 1.54) is 25.7 Å². The molecule has 3 fully saturated rings. The fraction of sp³-hybridized carbons (Fsp3) is 0.909. The highest BCUT2D eigenvalue weighted by atomic mass is 16.8. The topological polar surface area (TPSA) is 35.5 Å². The number of hydrogen-bond acceptors (Lipinski definition) is 3. The first-order chi connectivity index (χ1) is 6.77. The molecule has 1 aliphatic heterocycles. The van der Waals surface area contributed by atoms with E-state index in [-0.39, 0.29) is 11.2 Å². The van der Waals surface area contributed by atoms with Crippen LogP contribution in [0.3, 0.4) is 0 Å². The van der Waals surface area contributed by atoms with Gasteiger partial charge in [0.2, 0.25) is 0 Å². The maximum absolute atomic E-state index is 11.3. The van der Waals surface area contributed by atoms with Crippen LogP contribution in [0.15, 0.2) is 0 Å². The Morgan fingerprint density at radius 2 is 1.14 bits per heavy atom. The van der Waals surface area contributed by atoms with Crippen LogP contribution in [0.4, 0.5) is 4.79 Å². The molecule has 3 rings (SSSR count). The quantitative estimate of drug-likeness (QED) is 0.559. The summed E-state index contributed by atoms with van der Waals surface area (Å²) in [5, 5.41) is 0. The minimum atomic E-state index is -0.422. The van der Waals surface area contributed by atoms with Gasteiger partial charge in [0.15, 0.2) is 11.2 Å². The van der Waals surface area contributed by atoms with Crippen molar-refractivity contribution in [1.82, 2.24) is 0 Å². The second-order valence-corrected chi connectivity index (χ2v) is 4.86. The molecule has 0 radical (unpaired) electrons.